The lowest BCUT2D eigenvalue weighted by molar-refractivity contribution is -0.121. The maximum Gasteiger partial charge on any atom is 0.235 e. The fourth-order valence-corrected chi connectivity index (χ4v) is 3.75. The average molecular weight is 383 g/mol. The Kier molecular flexibility index (Phi) is 7.78. The number of carbonyl (C=O) groups excluding carboxylic acids is 1. The second kappa shape index (κ2) is 9.83. The Morgan fingerprint density at radius 3 is 2.54 bits per heavy atom. The van der Waals surface area contributed by atoms with Crippen LogP contribution in [0.3, 0.4) is 0 Å². The van der Waals surface area contributed by atoms with Gasteiger partial charge >= 0.3 is 0 Å². The minimum atomic E-state index is -3.44. The van der Waals surface area contributed by atoms with Crippen LogP contribution in [0.5, 0.6) is 0 Å². The van der Waals surface area contributed by atoms with E-state index in [1.54, 1.807) is 12.1 Å². The smallest absolute Gasteiger partial charge is 0.235 e. The van der Waals surface area contributed by atoms with Gasteiger partial charge in [-0.3, -0.25) is 4.79 Å². The van der Waals surface area contributed by atoms with Gasteiger partial charge in [0.2, 0.25) is 15.9 Å². The third kappa shape index (κ3) is 7.25. The van der Waals surface area contributed by atoms with Crippen LogP contribution in [0.4, 0.5) is 4.39 Å². The minimum absolute atomic E-state index is 0.171. The molecule has 7 heteroatoms. The third-order valence-electron chi connectivity index (χ3n) is 4.51. The van der Waals surface area contributed by atoms with Gasteiger partial charge in [0.1, 0.15) is 5.82 Å². The van der Waals surface area contributed by atoms with Gasteiger partial charge in [-0.05, 0) is 56.2 Å². The van der Waals surface area contributed by atoms with Gasteiger partial charge in [-0.2, -0.15) is 4.31 Å². The van der Waals surface area contributed by atoms with Gasteiger partial charge < -0.3 is 5.32 Å². The van der Waals surface area contributed by atoms with E-state index in [0.29, 0.717) is 25.9 Å². The summed E-state index contributed by atoms with van der Waals surface area (Å²) in [6.45, 7) is 0.540. The normalized spacial score (nSPS) is 15.0. The molecule has 1 aromatic carbocycles. The van der Waals surface area contributed by atoms with Crippen molar-refractivity contribution in [1.82, 2.24) is 9.62 Å². The Balaban J connectivity index is 1.79. The van der Waals surface area contributed by atoms with Gasteiger partial charge in [-0.15, -0.1) is 0 Å². The second-order valence-electron chi connectivity index (χ2n) is 6.68. The standard InChI is InChI=1S/C19H27FN2O3S/c1-26(24,25)22(14-12-16-5-3-2-4-6-16)15-19(23)21-13-11-17-7-9-18(20)10-8-17/h5,7-10H,2-4,6,11-15H2,1H3,(H,21,23). The van der Waals surface area contributed by atoms with Crippen molar-refractivity contribution in [2.24, 2.45) is 0 Å². The van der Waals surface area contributed by atoms with Crippen molar-refractivity contribution in [3.05, 3.63) is 47.3 Å². The van der Waals surface area contributed by atoms with Gasteiger partial charge in [-0.1, -0.05) is 23.8 Å². The summed E-state index contributed by atoms with van der Waals surface area (Å²) in [4.78, 5) is 12.1. The number of hydrogen-bond acceptors (Lipinski definition) is 3. The fraction of sp³-hybridized carbons (Fsp3) is 0.526. The van der Waals surface area contributed by atoms with Crippen molar-refractivity contribution in [2.75, 3.05) is 25.9 Å². The lowest BCUT2D eigenvalue weighted by atomic mass is 9.97. The maximum absolute atomic E-state index is 12.9. The highest BCUT2D eigenvalue weighted by molar-refractivity contribution is 7.88. The lowest BCUT2D eigenvalue weighted by Gasteiger charge is -2.21. The largest absolute Gasteiger partial charge is 0.355 e. The molecular weight excluding hydrogens is 355 g/mol. The molecule has 5 nitrogen and oxygen atoms in total. The molecule has 26 heavy (non-hydrogen) atoms. The van der Waals surface area contributed by atoms with E-state index in [9.17, 15) is 17.6 Å². The van der Waals surface area contributed by atoms with Crippen molar-refractivity contribution in [1.29, 1.82) is 0 Å². The summed E-state index contributed by atoms with van der Waals surface area (Å²) in [5.74, 6) is -0.621. The molecule has 0 fully saturated rings. The Morgan fingerprint density at radius 2 is 1.92 bits per heavy atom. The molecule has 0 saturated carbocycles. The number of rotatable bonds is 9. The van der Waals surface area contributed by atoms with Crippen LogP contribution >= 0.6 is 0 Å². The fourth-order valence-electron chi connectivity index (χ4n) is 2.98. The SMILES string of the molecule is CS(=O)(=O)N(CCC1=CCCCC1)CC(=O)NCCc1ccc(F)cc1. The monoisotopic (exact) mass is 382 g/mol. The van der Waals surface area contributed by atoms with Crippen LogP contribution < -0.4 is 5.32 Å². The number of amides is 1. The predicted molar refractivity (Wildman–Crippen MR) is 101 cm³/mol. The predicted octanol–water partition coefficient (Wildman–Crippen LogP) is 2.64. The van der Waals surface area contributed by atoms with E-state index in [2.05, 4.69) is 11.4 Å². The number of hydrogen-bond donors (Lipinski definition) is 1. The maximum atomic E-state index is 12.9. The summed E-state index contributed by atoms with van der Waals surface area (Å²) in [5, 5.41) is 2.73. The molecular formula is C19H27FN2O3S. The van der Waals surface area contributed by atoms with Crippen LogP contribution in [0.2, 0.25) is 0 Å². The quantitative estimate of drug-likeness (QED) is 0.668. The van der Waals surface area contributed by atoms with Crippen molar-refractivity contribution in [2.45, 2.75) is 38.5 Å². The van der Waals surface area contributed by atoms with Crippen LogP contribution in [0.25, 0.3) is 0 Å². The highest BCUT2D eigenvalue weighted by atomic mass is 32.2. The molecule has 0 spiro atoms. The molecule has 0 aromatic heterocycles. The summed E-state index contributed by atoms with van der Waals surface area (Å²) in [6, 6.07) is 6.09. The first-order valence-electron chi connectivity index (χ1n) is 8.99. The number of halogens is 1. The molecule has 1 aromatic rings. The number of benzene rings is 1. The molecule has 1 amide bonds. The Morgan fingerprint density at radius 1 is 1.19 bits per heavy atom. The van der Waals surface area contributed by atoms with Crippen molar-refractivity contribution >= 4 is 15.9 Å². The van der Waals surface area contributed by atoms with Crippen molar-refractivity contribution in [3.8, 4) is 0 Å². The first-order chi connectivity index (χ1) is 12.3. The lowest BCUT2D eigenvalue weighted by Crippen LogP contribution is -2.41. The Labute approximate surface area is 155 Å². The van der Waals surface area contributed by atoms with Crippen LogP contribution in [-0.4, -0.2) is 44.5 Å². The number of carbonyl (C=O) groups is 1. The number of allylic oxidation sites excluding steroid dienone is 1. The number of nitrogens with one attached hydrogen (secondary N) is 1. The highest BCUT2D eigenvalue weighted by Crippen LogP contribution is 2.20. The summed E-state index contributed by atoms with van der Waals surface area (Å²) >= 11 is 0. The molecule has 0 bridgehead atoms. The van der Waals surface area contributed by atoms with Crippen molar-refractivity contribution in [3.63, 3.8) is 0 Å². The van der Waals surface area contributed by atoms with E-state index >= 15 is 0 Å². The first-order valence-corrected chi connectivity index (χ1v) is 10.8. The minimum Gasteiger partial charge on any atom is -0.355 e. The number of sulfonamides is 1. The zero-order valence-corrected chi connectivity index (χ0v) is 16.0. The summed E-state index contributed by atoms with van der Waals surface area (Å²) in [6.07, 6.45) is 8.97. The molecule has 0 atom stereocenters. The first kappa shape index (κ1) is 20.6. The van der Waals surface area contributed by atoms with Gasteiger partial charge in [0.15, 0.2) is 0 Å². The topological polar surface area (TPSA) is 66.5 Å². The van der Waals surface area contributed by atoms with E-state index in [1.165, 1.54) is 28.4 Å². The van der Waals surface area contributed by atoms with E-state index in [4.69, 9.17) is 0 Å². The van der Waals surface area contributed by atoms with Gasteiger partial charge in [0.05, 0.1) is 12.8 Å². The third-order valence-corrected chi connectivity index (χ3v) is 5.76. The van der Waals surface area contributed by atoms with Crippen LogP contribution in [0.1, 0.15) is 37.7 Å². The van der Waals surface area contributed by atoms with Crippen LogP contribution in [-0.2, 0) is 21.2 Å². The molecule has 0 radical (unpaired) electrons. The Bertz CT molecular complexity index is 730. The van der Waals surface area contributed by atoms with E-state index in [1.807, 2.05) is 0 Å². The zero-order valence-electron chi connectivity index (χ0n) is 15.2. The summed E-state index contributed by atoms with van der Waals surface area (Å²) in [5.41, 5.74) is 2.19. The molecule has 0 heterocycles. The molecule has 0 saturated heterocycles. The van der Waals surface area contributed by atoms with E-state index in [-0.39, 0.29) is 18.3 Å². The Hall–Kier alpha value is -1.73. The van der Waals surface area contributed by atoms with Gasteiger partial charge in [0.25, 0.3) is 0 Å². The molecule has 0 unspecified atom stereocenters. The average Bonchev–Trinajstić information content (AvgIpc) is 2.60. The zero-order chi connectivity index (χ0) is 19.0. The molecule has 144 valence electrons. The molecule has 1 aliphatic rings. The van der Waals surface area contributed by atoms with Gasteiger partial charge in [-0.25, -0.2) is 12.8 Å². The highest BCUT2D eigenvalue weighted by Gasteiger charge is 2.20. The van der Waals surface area contributed by atoms with Crippen LogP contribution in [0, 0.1) is 5.82 Å². The van der Waals surface area contributed by atoms with E-state index < -0.39 is 10.0 Å². The molecule has 1 aliphatic carbocycles. The second-order valence-corrected chi connectivity index (χ2v) is 8.66. The molecule has 0 aliphatic heterocycles. The van der Waals surface area contributed by atoms with Gasteiger partial charge in [0, 0.05) is 13.1 Å². The van der Waals surface area contributed by atoms with Crippen molar-refractivity contribution < 1.29 is 17.6 Å². The summed E-state index contributed by atoms with van der Waals surface area (Å²) in [7, 11) is -3.44. The molecule has 1 N–H and O–H groups in total. The van der Waals surface area contributed by atoms with E-state index in [0.717, 1.165) is 31.1 Å². The summed E-state index contributed by atoms with van der Waals surface area (Å²) < 4.78 is 38.0. The van der Waals surface area contributed by atoms with Crippen LogP contribution in [0.15, 0.2) is 35.9 Å². The molecule has 2 rings (SSSR count). The number of nitrogens with zero attached hydrogens (tertiary/aromatic N) is 1.